The number of hydrogen-bond donors (Lipinski definition) is 2. The number of rotatable bonds is 10. The van der Waals surface area contributed by atoms with E-state index in [0.29, 0.717) is 28.7 Å². The van der Waals surface area contributed by atoms with Crippen LogP contribution >= 0.6 is 0 Å². The summed E-state index contributed by atoms with van der Waals surface area (Å²) in [5.74, 6) is 1.40. The Morgan fingerprint density at radius 2 is 1.47 bits per heavy atom. The van der Waals surface area contributed by atoms with Gasteiger partial charge in [-0.2, -0.15) is 0 Å². The van der Waals surface area contributed by atoms with Gasteiger partial charge in [0.1, 0.15) is 11.5 Å². The Kier molecular flexibility index (Phi) is 7.85. The molecule has 10 heteroatoms. The van der Waals surface area contributed by atoms with Crippen LogP contribution in [0.25, 0.3) is 0 Å². The third kappa shape index (κ3) is 5.90. The molecule has 0 unspecified atom stereocenters. The predicted molar refractivity (Wildman–Crippen MR) is 129 cm³/mol. The van der Waals surface area contributed by atoms with Gasteiger partial charge in [0.15, 0.2) is 17.6 Å². The molecule has 2 N–H and O–H groups in total. The molecule has 0 aliphatic carbocycles. The topological polar surface area (TPSA) is 112 Å². The zero-order valence-electron chi connectivity index (χ0n) is 19.2. The van der Waals surface area contributed by atoms with Crippen LogP contribution in [0.4, 0.5) is 11.4 Å². The second kappa shape index (κ2) is 10.8. The second-order valence-electron chi connectivity index (χ2n) is 7.10. The lowest BCUT2D eigenvalue weighted by atomic mass is 10.3. The number of carbonyl (C=O) groups is 1. The number of nitrogens with one attached hydrogen (secondary N) is 2. The monoisotopic (exact) mass is 486 g/mol. The summed E-state index contributed by atoms with van der Waals surface area (Å²) in [5, 5.41) is 2.70. The predicted octanol–water partition coefficient (Wildman–Crippen LogP) is 3.92. The van der Waals surface area contributed by atoms with Crippen LogP contribution < -0.4 is 29.0 Å². The van der Waals surface area contributed by atoms with Crippen LogP contribution in [0.3, 0.4) is 0 Å². The minimum absolute atomic E-state index is 0.0155. The summed E-state index contributed by atoms with van der Waals surface area (Å²) in [7, 11) is 0.556. The van der Waals surface area contributed by atoms with Gasteiger partial charge < -0.3 is 24.3 Å². The number of anilines is 2. The second-order valence-corrected chi connectivity index (χ2v) is 8.78. The van der Waals surface area contributed by atoms with Gasteiger partial charge in [0.25, 0.3) is 15.9 Å². The number of sulfonamides is 1. The largest absolute Gasteiger partial charge is 0.497 e. The Morgan fingerprint density at radius 1 is 0.824 bits per heavy atom. The van der Waals surface area contributed by atoms with Crippen molar-refractivity contribution in [3.8, 4) is 23.0 Å². The van der Waals surface area contributed by atoms with Crippen molar-refractivity contribution < 1.29 is 32.2 Å². The van der Waals surface area contributed by atoms with E-state index in [1.165, 1.54) is 45.6 Å². The van der Waals surface area contributed by atoms with Crippen molar-refractivity contribution in [2.24, 2.45) is 0 Å². The van der Waals surface area contributed by atoms with Crippen LogP contribution in [-0.2, 0) is 14.8 Å². The molecular weight excluding hydrogens is 460 g/mol. The van der Waals surface area contributed by atoms with Gasteiger partial charge in [0.2, 0.25) is 0 Å². The van der Waals surface area contributed by atoms with Crippen molar-refractivity contribution in [2.75, 3.05) is 31.4 Å². The van der Waals surface area contributed by atoms with E-state index in [0.717, 1.165) is 0 Å². The number of ether oxygens (including phenoxy) is 4. The number of amides is 1. The minimum atomic E-state index is -3.90. The summed E-state index contributed by atoms with van der Waals surface area (Å²) < 4.78 is 49.4. The summed E-state index contributed by atoms with van der Waals surface area (Å²) in [4.78, 5) is 12.5. The summed E-state index contributed by atoms with van der Waals surface area (Å²) in [6, 6.07) is 17.5. The average molecular weight is 487 g/mol. The molecule has 0 radical (unpaired) electrons. The molecule has 0 saturated heterocycles. The molecule has 0 fully saturated rings. The molecular formula is C24H26N2O7S. The van der Waals surface area contributed by atoms with Crippen molar-refractivity contribution in [2.45, 2.75) is 17.9 Å². The normalized spacial score (nSPS) is 11.8. The Labute approximate surface area is 198 Å². The summed E-state index contributed by atoms with van der Waals surface area (Å²) in [6.45, 7) is 1.60. The Balaban J connectivity index is 1.67. The third-order valence-corrected chi connectivity index (χ3v) is 6.21. The molecule has 3 aromatic carbocycles. The highest BCUT2D eigenvalue weighted by Crippen LogP contribution is 2.31. The molecule has 3 aromatic rings. The molecule has 0 aliphatic heterocycles. The summed E-state index contributed by atoms with van der Waals surface area (Å²) >= 11 is 0. The lowest BCUT2D eigenvalue weighted by molar-refractivity contribution is -0.122. The first kappa shape index (κ1) is 24.7. The first-order valence-corrected chi connectivity index (χ1v) is 11.7. The van der Waals surface area contributed by atoms with Crippen LogP contribution in [-0.4, -0.2) is 41.8 Å². The quantitative estimate of drug-likeness (QED) is 0.447. The van der Waals surface area contributed by atoms with Gasteiger partial charge in [-0.05, 0) is 55.5 Å². The molecule has 1 atom stereocenters. The molecule has 180 valence electrons. The maximum absolute atomic E-state index is 12.8. The van der Waals surface area contributed by atoms with Crippen molar-refractivity contribution in [1.29, 1.82) is 0 Å². The van der Waals surface area contributed by atoms with Gasteiger partial charge in [-0.25, -0.2) is 8.42 Å². The van der Waals surface area contributed by atoms with E-state index in [4.69, 9.17) is 18.9 Å². The molecule has 0 bridgehead atoms. The Hall–Kier alpha value is -3.92. The Morgan fingerprint density at radius 3 is 2.09 bits per heavy atom. The molecule has 3 rings (SSSR count). The van der Waals surface area contributed by atoms with E-state index in [1.807, 2.05) is 0 Å². The van der Waals surface area contributed by atoms with Crippen LogP contribution in [0.1, 0.15) is 6.92 Å². The molecule has 0 aliphatic rings. The fourth-order valence-corrected chi connectivity index (χ4v) is 4.08. The van der Waals surface area contributed by atoms with Crippen molar-refractivity contribution in [3.63, 3.8) is 0 Å². The zero-order valence-corrected chi connectivity index (χ0v) is 20.0. The first-order valence-electron chi connectivity index (χ1n) is 10.2. The molecule has 0 heterocycles. The van der Waals surface area contributed by atoms with Gasteiger partial charge in [0, 0.05) is 11.8 Å². The highest BCUT2D eigenvalue weighted by atomic mass is 32.2. The highest BCUT2D eigenvalue weighted by molar-refractivity contribution is 7.92. The van der Waals surface area contributed by atoms with Crippen molar-refractivity contribution in [1.82, 2.24) is 0 Å². The standard InChI is InChI=1S/C24H26N2O7S/c1-16(33-22-8-6-5-7-21(22)31-3)24(27)25-17-9-12-19(13-10-17)34(28,29)26-20-14-11-18(30-2)15-23(20)32-4/h5-16,26H,1-4H3,(H,25,27)/t16-/m1/s1. The molecule has 0 saturated carbocycles. The lowest BCUT2D eigenvalue weighted by Crippen LogP contribution is -2.30. The van der Waals surface area contributed by atoms with E-state index >= 15 is 0 Å². The minimum Gasteiger partial charge on any atom is -0.497 e. The van der Waals surface area contributed by atoms with E-state index in [1.54, 1.807) is 49.4 Å². The van der Waals surface area contributed by atoms with Gasteiger partial charge in [-0.3, -0.25) is 9.52 Å². The summed E-state index contributed by atoms with van der Waals surface area (Å²) in [5.41, 5.74) is 0.685. The summed E-state index contributed by atoms with van der Waals surface area (Å²) in [6.07, 6.45) is -0.816. The van der Waals surface area contributed by atoms with Crippen LogP contribution in [0.2, 0.25) is 0 Å². The van der Waals surface area contributed by atoms with E-state index in [2.05, 4.69) is 10.0 Å². The van der Waals surface area contributed by atoms with Gasteiger partial charge in [0.05, 0.1) is 31.9 Å². The zero-order chi connectivity index (χ0) is 24.7. The fourth-order valence-electron chi connectivity index (χ4n) is 3.01. The highest BCUT2D eigenvalue weighted by Gasteiger charge is 2.19. The number of carbonyl (C=O) groups excluding carboxylic acids is 1. The maximum atomic E-state index is 12.8. The number of para-hydroxylation sites is 2. The van der Waals surface area contributed by atoms with Gasteiger partial charge in [-0.1, -0.05) is 12.1 Å². The third-order valence-electron chi connectivity index (χ3n) is 4.83. The average Bonchev–Trinajstić information content (AvgIpc) is 2.84. The molecule has 0 spiro atoms. The molecule has 1 amide bonds. The van der Waals surface area contributed by atoms with Crippen LogP contribution in [0.15, 0.2) is 71.6 Å². The smallest absolute Gasteiger partial charge is 0.265 e. The Bertz CT molecular complexity index is 1240. The molecule has 9 nitrogen and oxygen atoms in total. The first-order chi connectivity index (χ1) is 16.3. The number of hydrogen-bond acceptors (Lipinski definition) is 7. The fraction of sp³-hybridized carbons (Fsp3) is 0.208. The van der Waals surface area contributed by atoms with E-state index < -0.39 is 22.0 Å². The maximum Gasteiger partial charge on any atom is 0.265 e. The molecule has 0 aromatic heterocycles. The van der Waals surface area contributed by atoms with E-state index in [-0.39, 0.29) is 10.6 Å². The SMILES string of the molecule is COc1ccc(NS(=O)(=O)c2ccc(NC(=O)[C@@H](C)Oc3ccccc3OC)cc2)c(OC)c1. The van der Waals surface area contributed by atoms with Crippen LogP contribution in [0, 0.1) is 0 Å². The molecule has 34 heavy (non-hydrogen) atoms. The van der Waals surface area contributed by atoms with Crippen molar-refractivity contribution in [3.05, 3.63) is 66.7 Å². The number of methoxy groups -OCH3 is 3. The van der Waals surface area contributed by atoms with E-state index in [9.17, 15) is 13.2 Å². The van der Waals surface area contributed by atoms with Gasteiger partial charge >= 0.3 is 0 Å². The van der Waals surface area contributed by atoms with Crippen LogP contribution in [0.5, 0.6) is 23.0 Å². The number of benzene rings is 3. The van der Waals surface area contributed by atoms with Gasteiger partial charge in [-0.15, -0.1) is 0 Å². The van der Waals surface area contributed by atoms with Crippen molar-refractivity contribution >= 4 is 27.3 Å². The lowest BCUT2D eigenvalue weighted by Gasteiger charge is -2.17.